The third-order valence-corrected chi connectivity index (χ3v) is 2.22. The summed E-state index contributed by atoms with van der Waals surface area (Å²) in [5.41, 5.74) is 0. The van der Waals surface area contributed by atoms with Crippen LogP contribution in [0.5, 0.6) is 0 Å². The second-order valence-electron chi connectivity index (χ2n) is 3.81. The van der Waals surface area contributed by atoms with Gasteiger partial charge >= 0.3 is 0 Å². The summed E-state index contributed by atoms with van der Waals surface area (Å²) in [6.45, 7) is 8.35. The van der Waals surface area contributed by atoms with Crippen molar-refractivity contribution in [2.75, 3.05) is 6.61 Å². The van der Waals surface area contributed by atoms with E-state index >= 15 is 0 Å². The number of hydrogen-bond donors (Lipinski definition) is 1. The third-order valence-electron chi connectivity index (χ3n) is 2.22. The first-order valence-electron chi connectivity index (χ1n) is 5.07. The smallest absolute Gasteiger partial charge is 0.245 e. The molecule has 4 nitrogen and oxygen atoms in total. The summed E-state index contributed by atoms with van der Waals surface area (Å²) >= 11 is 0. The Morgan fingerprint density at radius 3 is 2.71 bits per heavy atom. The highest BCUT2D eigenvalue weighted by atomic mass is 16.5. The molecular formula is C10H18N2O2. The Kier molecular flexibility index (Phi) is 3.49. The summed E-state index contributed by atoms with van der Waals surface area (Å²) in [6, 6.07) is -0.398. The first-order valence-corrected chi connectivity index (χ1v) is 5.07. The lowest BCUT2D eigenvalue weighted by atomic mass is 10.0. The molecule has 0 unspecified atom stereocenters. The Morgan fingerprint density at radius 2 is 2.21 bits per heavy atom. The van der Waals surface area contributed by atoms with Crippen LogP contribution in [0.2, 0.25) is 0 Å². The zero-order valence-corrected chi connectivity index (χ0v) is 9.20. The zero-order chi connectivity index (χ0) is 10.7. The SMILES string of the molecule is CCOC1=N[C@H](C)C(=O)N[C@H]1C(C)C. The number of carbonyl (C=O) groups excluding carboxylic acids is 1. The molecule has 1 amide bonds. The lowest BCUT2D eigenvalue weighted by Gasteiger charge is -2.29. The molecule has 1 N–H and O–H groups in total. The van der Waals surface area contributed by atoms with E-state index < -0.39 is 0 Å². The van der Waals surface area contributed by atoms with Gasteiger partial charge in [0.15, 0.2) is 0 Å². The molecular weight excluding hydrogens is 180 g/mol. The molecule has 0 saturated carbocycles. The van der Waals surface area contributed by atoms with Crippen molar-refractivity contribution in [3.05, 3.63) is 0 Å². The average molecular weight is 198 g/mol. The van der Waals surface area contributed by atoms with Gasteiger partial charge < -0.3 is 10.1 Å². The van der Waals surface area contributed by atoms with Crippen molar-refractivity contribution in [1.82, 2.24) is 5.32 Å². The van der Waals surface area contributed by atoms with Crippen LogP contribution in [0, 0.1) is 5.92 Å². The number of carbonyl (C=O) groups is 1. The number of aliphatic imine (C=N–C) groups is 1. The van der Waals surface area contributed by atoms with E-state index in [-0.39, 0.29) is 18.0 Å². The van der Waals surface area contributed by atoms with Crippen LogP contribution in [0.1, 0.15) is 27.7 Å². The monoisotopic (exact) mass is 198 g/mol. The first kappa shape index (κ1) is 11.0. The molecule has 2 atom stereocenters. The minimum atomic E-state index is -0.327. The summed E-state index contributed by atoms with van der Waals surface area (Å²) in [5.74, 6) is 0.943. The van der Waals surface area contributed by atoms with E-state index in [4.69, 9.17) is 4.74 Å². The van der Waals surface area contributed by atoms with Gasteiger partial charge in [-0.25, -0.2) is 4.99 Å². The van der Waals surface area contributed by atoms with E-state index in [1.165, 1.54) is 0 Å². The highest BCUT2D eigenvalue weighted by Crippen LogP contribution is 2.11. The first-order chi connectivity index (χ1) is 6.56. The number of rotatable bonds is 2. The van der Waals surface area contributed by atoms with E-state index in [0.717, 1.165) is 0 Å². The van der Waals surface area contributed by atoms with Crippen LogP contribution in [0.15, 0.2) is 4.99 Å². The molecule has 0 aromatic carbocycles. The van der Waals surface area contributed by atoms with Gasteiger partial charge in [-0.3, -0.25) is 4.79 Å². The van der Waals surface area contributed by atoms with E-state index in [0.29, 0.717) is 18.4 Å². The van der Waals surface area contributed by atoms with Crippen molar-refractivity contribution in [1.29, 1.82) is 0 Å². The Balaban J connectivity index is 2.83. The second-order valence-corrected chi connectivity index (χ2v) is 3.81. The molecule has 1 heterocycles. The molecule has 14 heavy (non-hydrogen) atoms. The van der Waals surface area contributed by atoms with Crippen LogP contribution in [0.3, 0.4) is 0 Å². The molecule has 1 aliphatic heterocycles. The van der Waals surface area contributed by atoms with Crippen LogP contribution >= 0.6 is 0 Å². The van der Waals surface area contributed by atoms with Gasteiger partial charge in [-0.2, -0.15) is 0 Å². The summed E-state index contributed by atoms with van der Waals surface area (Å²) in [6.07, 6.45) is 0. The van der Waals surface area contributed by atoms with E-state index in [2.05, 4.69) is 10.3 Å². The zero-order valence-electron chi connectivity index (χ0n) is 9.20. The van der Waals surface area contributed by atoms with Crippen LogP contribution in [-0.4, -0.2) is 30.5 Å². The summed E-state index contributed by atoms with van der Waals surface area (Å²) in [5, 5.41) is 2.91. The van der Waals surface area contributed by atoms with Crippen LogP contribution in [0.25, 0.3) is 0 Å². The lowest BCUT2D eigenvalue weighted by Crippen LogP contribution is -2.52. The fourth-order valence-electron chi connectivity index (χ4n) is 1.39. The molecule has 1 aliphatic rings. The normalized spacial score (nSPS) is 27.2. The van der Waals surface area contributed by atoms with Gasteiger partial charge in [-0.15, -0.1) is 0 Å². The molecule has 0 aliphatic carbocycles. The quantitative estimate of drug-likeness (QED) is 0.718. The highest BCUT2D eigenvalue weighted by Gasteiger charge is 2.30. The fraction of sp³-hybridized carbons (Fsp3) is 0.800. The van der Waals surface area contributed by atoms with Crippen molar-refractivity contribution < 1.29 is 9.53 Å². The number of nitrogens with one attached hydrogen (secondary N) is 1. The van der Waals surface area contributed by atoms with Gasteiger partial charge in [0.1, 0.15) is 12.1 Å². The van der Waals surface area contributed by atoms with Gasteiger partial charge in [0.2, 0.25) is 11.8 Å². The maximum Gasteiger partial charge on any atom is 0.245 e. The summed E-state index contributed by atoms with van der Waals surface area (Å²) in [4.78, 5) is 15.6. The Hall–Kier alpha value is -1.06. The molecule has 0 spiro atoms. The van der Waals surface area contributed by atoms with Gasteiger partial charge in [-0.1, -0.05) is 13.8 Å². The minimum absolute atomic E-state index is 0.0212. The van der Waals surface area contributed by atoms with Gasteiger partial charge in [0.05, 0.1) is 6.61 Å². The molecule has 0 aromatic rings. The topological polar surface area (TPSA) is 50.7 Å². The average Bonchev–Trinajstić information content (AvgIpc) is 2.11. The number of amides is 1. The second kappa shape index (κ2) is 4.44. The molecule has 1 rings (SSSR count). The predicted molar refractivity (Wildman–Crippen MR) is 55.3 cm³/mol. The highest BCUT2D eigenvalue weighted by molar-refractivity contribution is 5.95. The number of nitrogens with zero attached hydrogens (tertiary/aromatic N) is 1. The van der Waals surface area contributed by atoms with Crippen molar-refractivity contribution in [3.63, 3.8) is 0 Å². The molecule has 0 aromatic heterocycles. The van der Waals surface area contributed by atoms with E-state index in [9.17, 15) is 4.79 Å². The molecule has 4 heteroatoms. The molecule has 80 valence electrons. The Bertz CT molecular complexity index is 249. The molecule has 0 bridgehead atoms. The predicted octanol–water partition coefficient (Wildman–Crippen LogP) is 0.964. The maximum atomic E-state index is 11.4. The number of hydrogen-bond acceptors (Lipinski definition) is 3. The van der Waals surface area contributed by atoms with Gasteiger partial charge in [0.25, 0.3) is 0 Å². The number of ether oxygens (including phenoxy) is 1. The minimum Gasteiger partial charge on any atom is -0.480 e. The Labute approximate surface area is 84.7 Å². The van der Waals surface area contributed by atoms with Gasteiger partial charge in [-0.05, 0) is 19.8 Å². The van der Waals surface area contributed by atoms with Crippen LogP contribution in [0.4, 0.5) is 0 Å². The van der Waals surface area contributed by atoms with E-state index in [1.54, 1.807) is 6.92 Å². The fourth-order valence-corrected chi connectivity index (χ4v) is 1.39. The summed E-state index contributed by atoms with van der Waals surface area (Å²) in [7, 11) is 0. The molecule has 0 saturated heterocycles. The van der Waals surface area contributed by atoms with Crippen molar-refractivity contribution >= 4 is 11.8 Å². The maximum absolute atomic E-state index is 11.4. The largest absolute Gasteiger partial charge is 0.480 e. The molecule has 0 fully saturated rings. The molecule has 0 radical (unpaired) electrons. The Morgan fingerprint density at radius 1 is 1.57 bits per heavy atom. The van der Waals surface area contributed by atoms with Crippen molar-refractivity contribution in [2.24, 2.45) is 10.9 Å². The lowest BCUT2D eigenvalue weighted by molar-refractivity contribution is -0.123. The van der Waals surface area contributed by atoms with Crippen LogP contribution < -0.4 is 5.32 Å². The van der Waals surface area contributed by atoms with Crippen molar-refractivity contribution in [2.45, 2.75) is 39.8 Å². The summed E-state index contributed by atoms with van der Waals surface area (Å²) < 4.78 is 5.41. The van der Waals surface area contributed by atoms with Crippen LogP contribution in [-0.2, 0) is 9.53 Å². The van der Waals surface area contributed by atoms with Gasteiger partial charge in [0, 0.05) is 0 Å². The van der Waals surface area contributed by atoms with E-state index in [1.807, 2.05) is 20.8 Å². The third kappa shape index (κ3) is 2.25. The standard InChI is InChI=1S/C10H18N2O2/c1-5-14-10-8(6(2)3)12-9(13)7(4)11-10/h6-8H,5H2,1-4H3,(H,12,13)/t7-,8+/m1/s1. The van der Waals surface area contributed by atoms with Crippen molar-refractivity contribution in [3.8, 4) is 0 Å².